The topological polar surface area (TPSA) is 45.4 Å². The Morgan fingerprint density at radius 3 is 2.55 bits per heavy atom. The molecule has 0 saturated carbocycles. The fourth-order valence-electron chi connectivity index (χ4n) is 3.06. The molecule has 1 saturated heterocycles. The van der Waals surface area contributed by atoms with Gasteiger partial charge in [0, 0.05) is 42.4 Å². The summed E-state index contributed by atoms with van der Waals surface area (Å²) in [6, 6.07) is 9.22. The number of nitrogens with two attached hydrogens (primary N) is 1. The van der Waals surface area contributed by atoms with Gasteiger partial charge in [-0.3, -0.25) is 9.88 Å². The van der Waals surface area contributed by atoms with E-state index in [1.54, 1.807) is 0 Å². The number of hydrogen-bond donors (Lipinski definition) is 1. The van der Waals surface area contributed by atoms with E-state index < -0.39 is 0 Å². The monoisotopic (exact) mass is 270 g/mol. The van der Waals surface area contributed by atoms with Gasteiger partial charge in [0.05, 0.1) is 11.2 Å². The number of anilines is 2. The summed E-state index contributed by atoms with van der Waals surface area (Å²) in [7, 11) is 2.20. The molecule has 106 valence electrons. The van der Waals surface area contributed by atoms with Crippen LogP contribution in [0, 0.1) is 0 Å². The lowest BCUT2D eigenvalue weighted by Gasteiger charge is -2.43. The third kappa shape index (κ3) is 2.10. The van der Waals surface area contributed by atoms with E-state index in [2.05, 4.69) is 47.8 Å². The van der Waals surface area contributed by atoms with Crippen LogP contribution in [-0.4, -0.2) is 42.1 Å². The van der Waals surface area contributed by atoms with Gasteiger partial charge >= 0.3 is 0 Å². The molecule has 4 heteroatoms. The number of benzene rings is 1. The summed E-state index contributed by atoms with van der Waals surface area (Å²) in [4.78, 5) is 9.32. The highest BCUT2D eigenvalue weighted by Crippen LogP contribution is 2.30. The van der Waals surface area contributed by atoms with E-state index in [1.807, 2.05) is 18.3 Å². The largest absolute Gasteiger partial charge is 0.397 e. The molecule has 0 amide bonds. The highest BCUT2D eigenvalue weighted by Gasteiger charge is 2.27. The Bertz CT molecular complexity index is 613. The minimum Gasteiger partial charge on any atom is -0.397 e. The molecule has 2 N–H and O–H groups in total. The van der Waals surface area contributed by atoms with E-state index in [0.29, 0.717) is 12.1 Å². The highest BCUT2D eigenvalue weighted by molar-refractivity contribution is 5.98. The summed E-state index contributed by atoms with van der Waals surface area (Å²) >= 11 is 0. The van der Waals surface area contributed by atoms with E-state index >= 15 is 0 Å². The number of piperazine rings is 1. The molecule has 20 heavy (non-hydrogen) atoms. The van der Waals surface area contributed by atoms with Crippen LogP contribution in [0.15, 0.2) is 30.5 Å². The Labute approximate surface area is 120 Å². The molecule has 2 unspecified atom stereocenters. The summed E-state index contributed by atoms with van der Waals surface area (Å²) in [6.45, 7) is 6.63. The Hall–Kier alpha value is -1.81. The number of aromatic nitrogens is 1. The van der Waals surface area contributed by atoms with Crippen molar-refractivity contribution in [2.45, 2.75) is 25.9 Å². The van der Waals surface area contributed by atoms with E-state index in [9.17, 15) is 0 Å². The quantitative estimate of drug-likeness (QED) is 0.808. The van der Waals surface area contributed by atoms with Crippen LogP contribution in [-0.2, 0) is 0 Å². The lowest BCUT2D eigenvalue weighted by Crippen LogP contribution is -2.55. The maximum Gasteiger partial charge on any atom is 0.0951 e. The van der Waals surface area contributed by atoms with Crippen molar-refractivity contribution < 1.29 is 0 Å². The van der Waals surface area contributed by atoms with E-state index in [1.165, 1.54) is 5.69 Å². The smallest absolute Gasteiger partial charge is 0.0951 e. The van der Waals surface area contributed by atoms with Crippen LogP contribution >= 0.6 is 0 Å². The van der Waals surface area contributed by atoms with Crippen molar-refractivity contribution in [3.8, 4) is 0 Å². The normalized spacial score (nSPS) is 24.2. The number of nitrogen functional groups attached to an aromatic ring is 1. The zero-order chi connectivity index (χ0) is 14.3. The summed E-state index contributed by atoms with van der Waals surface area (Å²) in [5.41, 5.74) is 8.94. The van der Waals surface area contributed by atoms with Crippen LogP contribution in [0.5, 0.6) is 0 Å². The van der Waals surface area contributed by atoms with Gasteiger partial charge in [-0.05, 0) is 33.0 Å². The molecule has 0 spiro atoms. The first-order valence-electron chi connectivity index (χ1n) is 7.18. The first-order valence-corrected chi connectivity index (χ1v) is 7.18. The number of para-hydroxylation sites is 1. The number of rotatable bonds is 1. The van der Waals surface area contributed by atoms with Gasteiger partial charge < -0.3 is 10.6 Å². The summed E-state index contributed by atoms with van der Waals surface area (Å²) in [5, 5.41) is 1.15. The van der Waals surface area contributed by atoms with Crippen LogP contribution in [0.25, 0.3) is 10.9 Å². The summed E-state index contributed by atoms with van der Waals surface area (Å²) in [5.74, 6) is 0. The SMILES string of the molecule is CC1CN(c2ccnc3c(N)cccc23)CC(C)N1C. The maximum absolute atomic E-state index is 6.04. The van der Waals surface area contributed by atoms with Gasteiger partial charge in [0.1, 0.15) is 0 Å². The molecule has 2 atom stereocenters. The van der Waals surface area contributed by atoms with Crippen molar-refractivity contribution >= 4 is 22.3 Å². The van der Waals surface area contributed by atoms with Gasteiger partial charge in [0.25, 0.3) is 0 Å². The zero-order valence-corrected chi connectivity index (χ0v) is 12.4. The van der Waals surface area contributed by atoms with Crippen LogP contribution in [0.3, 0.4) is 0 Å². The van der Waals surface area contributed by atoms with Crippen molar-refractivity contribution in [2.24, 2.45) is 0 Å². The molecule has 2 aromatic rings. The first kappa shape index (κ1) is 13.2. The van der Waals surface area contributed by atoms with Crippen molar-refractivity contribution in [3.63, 3.8) is 0 Å². The van der Waals surface area contributed by atoms with Crippen molar-refractivity contribution in [1.82, 2.24) is 9.88 Å². The van der Waals surface area contributed by atoms with Crippen LogP contribution in [0.1, 0.15) is 13.8 Å². The van der Waals surface area contributed by atoms with Crippen LogP contribution in [0.2, 0.25) is 0 Å². The number of likely N-dealkylation sites (N-methyl/N-ethyl adjacent to an activating group) is 1. The molecule has 1 aliphatic rings. The molecule has 1 aromatic heterocycles. The lowest BCUT2D eigenvalue weighted by molar-refractivity contribution is 0.170. The average molecular weight is 270 g/mol. The fourth-order valence-corrected chi connectivity index (χ4v) is 3.06. The van der Waals surface area contributed by atoms with Gasteiger partial charge in [0.2, 0.25) is 0 Å². The predicted molar refractivity (Wildman–Crippen MR) is 85.1 cm³/mol. The second kappa shape index (κ2) is 4.94. The predicted octanol–water partition coefficient (Wildman–Crippen LogP) is 2.35. The molecule has 1 aliphatic heterocycles. The third-order valence-corrected chi connectivity index (χ3v) is 4.48. The Balaban J connectivity index is 2.05. The summed E-state index contributed by atoms with van der Waals surface area (Å²) < 4.78 is 0. The Morgan fingerprint density at radius 2 is 1.85 bits per heavy atom. The van der Waals surface area contributed by atoms with Gasteiger partial charge in [-0.2, -0.15) is 0 Å². The standard InChI is InChI=1S/C16H22N4/c1-11-9-20(10-12(2)19(11)3)15-7-8-18-16-13(15)5-4-6-14(16)17/h4-8,11-12H,9-10,17H2,1-3H3. The Kier molecular flexibility index (Phi) is 3.26. The van der Waals surface area contributed by atoms with Gasteiger partial charge in [0.15, 0.2) is 0 Å². The minimum absolute atomic E-state index is 0.544. The van der Waals surface area contributed by atoms with E-state index in [4.69, 9.17) is 5.73 Å². The number of hydrogen-bond acceptors (Lipinski definition) is 4. The van der Waals surface area contributed by atoms with Crippen molar-refractivity contribution in [3.05, 3.63) is 30.5 Å². The number of nitrogens with zero attached hydrogens (tertiary/aromatic N) is 3. The Morgan fingerprint density at radius 1 is 1.15 bits per heavy atom. The molecule has 2 heterocycles. The number of pyridine rings is 1. The second-order valence-electron chi connectivity index (χ2n) is 5.84. The lowest BCUT2D eigenvalue weighted by atomic mass is 10.1. The van der Waals surface area contributed by atoms with E-state index in [-0.39, 0.29) is 0 Å². The third-order valence-electron chi connectivity index (χ3n) is 4.48. The fraction of sp³-hybridized carbons (Fsp3) is 0.438. The average Bonchev–Trinajstić information content (AvgIpc) is 2.44. The molecule has 1 aromatic carbocycles. The van der Waals surface area contributed by atoms with Gasteiger partial charge in [-0.1, -0.05) is 12.1 Å². The molecule has 0 aliphatic carbocycles. The van der Waals surface area contributed by atoms with Gasteiger partial charge in [-0.25, -0.2) is 0 Å². The number of fused-ring (bicyclic) bond motifs is 1. The molecule has 0 radical (unpaired) electrons. The minimum atomic E-state index is 0.544. The maximum atomic E-state index is 6.04. The summed E-state index contributed by atoms with van der Waals surface area (Å²) in [6.07, 6.45) is 1.86. The second-order valence-corrected chi connectivity index (χ2v) is 5.84. The highest BCUT2D eigenvalue weighted by atomic mass is 15.3. The molecule has 1 fully saturated rings. The molecular weight excluding hydrogens is 248 g/mol. The first-order chi connectivity index (χ1) is 9.58. The zero-order valence-electron chi connectivity index (χ0n) is 12.4. The molecule has 0 bridgehead atoms. The molecule has 3 rings (SSSR count). The van der Waals surface area contributed by atoms with Crippen LogP contribution in [0.4, 0.5) is 11.4 Å². The molecular formula is C16H22N4. The molecule has 4 nitrogen and oxygen atoms in total. The van der Waals surface area contributed by atoms with Crippen LogP contribution < -0.4 is 10.6 Å². The van der Waals surface area contributed by atoms with Crippen molar-refractivity contribution in [2.75, 3.05) is 30.8 Å². The van der Waals surface area contributed by atoms with Crippen molar-refractivity contribution in [1.29, 1.82) is 0 Å². The van der Waals surface area contributed by atoms with Gasteiger partial charge in [-0.15, -0.1) is 0 Å². The van der Waals surface area contributed by atoms with E-state index in [0.717, 1.165) is 29.7 Å².